The maximum absolute atomic E-state index is 10.6. The van der Waals surface area contributed by atoms with Crippen molar-refractivity contribution in [1.82, 2.24) is 0 Å². The van der Waals surface area contributed by atoms with Crippen LogP contribution in [0.15, 0.2) is 4.99 Å². The van der Waals surface area contributed by atoms with Crippen molar-refractivity contribution in [1.29, 1.82) is 0 Å². The smallest absolute Gasteiger partial charge is 0.450 e. The van der Waals surface area contributed by atoms with Gasteiger partial charge in [-0.3, -0.25) is 4.99 Å². The minimum absolute atomic E-state index is 0.616. The molecule has 0 heterocycles. The van der Waals surface area contributed by atoms with Crippen LogP contribution in [0, 0.1) is 0 Å². The monoisotopic (exact) mass is 201 g/mol. The van der Waals surface area contributed by atoms with E-state index in [9.17, 15) is 4.79 Å². The van der Waals surface area contributed by atoms with Gasteiger partial charge in [-0.25, -0.2) is 4.79 Å². The summed E-state index contributed by atoms with van der Waals surface area (Å²) in [5.74, 6) is 0. The molecule has 0 aliphatic heterocycles. The van der Waals surface area contributed by atoms with E-state index in [4.69, 9.17) is 9.84 Å². The van der Waals surface area contributed by atoms with Gasteiger partial charge in [0, 0.05) is 6.54 Å². The predicted octanol–water partition coefficient (Wildman–Crippen LogP) is 2.72. The molecule has 0 bridgehead atoms. The zero-order valence-corrected chi connectivity index (χ0v) is 9.33. The standard InChI is InChI=1S/C10H19NO3/c1-5-10(6-2,14-9(12)13)8(4)11-7-3/h5-7H2,1-4H3,(H,12,13). The van der Waals surface area contributed by atoms with Crippen molar-refractivity contribution in [2.24, 2.45) is 4.99 Å². The third-order valence-electron chi connectivity index (χ3n) is 2.48. The predicted molar refractivity (Wildman–Crippen MR) is 56.1 cm³/mol. The van der Waals surface area contributed by atoms with E-state index in [0.717, 1.165) is 5.71 Å². The van der Waals surface area contributed by atoms with Crippen LogP contribution >= 0.6 is 0 Å². The van der Waals surface area contributed by atoms with Crippen LogP contribution in [0.3, 0.4) is 0 Å². The molecule has 14 heavy (non-hydrogen) atoms. The Morgan fingerprint density at radius 1 is 1.36 bits per heavy atom. The van der Waals surface area contributed by atoms with Crippen molar-refractivity contribution < 1.29 is 14.6 Å². The molecule has 4 heteroatoms. The van der Waals surface area contributed by atoms with Gasteiger partial charge in [0.1, 0.15) is 0 Å². The number of rotatable bonds is 5. The van der Waals surface area contributed by atoms with E-state index in [1.165, 1.54) is 0 Å². The summed E-state index contributed by atoms with van der Waals surface area (Å²) in [6.07, 6.45) is -0.00430. The van der Waals surface area contributed by atoms with Gasteiger partial charge in [0.15, 0.2) is 5.60 Å². The lowest BCUT2D eigenvalue weighted by Gasteiger charge is -2.30. The van der Waals surface area contributed by atoms with Gasteiger partial charge in [0.2, 0.25) is 0 Å². The van der Waals surface area contributed by atoms with Crippen LogP contribution in [0.4, 0.5) is 4.79 Å². The molecular weight excluding hydrogens is 182 g/mol. The van der Waals surface area contributed by atoms with E-state index in [-0.39, 0.29) is 0 Å². The number of hydrogen-bond donors (Lipinski definition) is 1. The number of carboxylic acid groups (broad SMARTS) is 1. The molecule has 0 aliphatic rings. The Bertz CT molecular complexity index is 219. The minimum atomic E-state index is -1.24. The summed E-state index contributed by atoms with van der Waals surface area (Å²) in [6.45, 7) is 8.19. The van der Waals surface area contributed by atoms with E-state index >= 15 is 0 Å². The Hall–Kier alpha value is -1.06. The number of nitrogens with zero attached hydrogens (tertiary/aromatic N) is 1. The summed E-state index contributed by atoms with van der Waals surface area (Å²) in [4.78, 5) is 14.8. The summed E-state index contributed by atoms with van der Waals surface area (Å²) in [5.41, 5.74) is 0.0226. The van der Waals surface area contributed by atoms with Crippen molar-refractivity contribution in [3.63, 3.8) is 0 Å². The Kier molecular flexibility index (Phi) is 5.20. The minimum Gasteiger partial charge on any atom is -0.450 e. The maximum atomic E-state index is 10.6. The lowest BCUT2D eigenvalue weighted by molar-refractivity contribution is 0.0172. The summed E-state index contributed by atoms with van der Waals surface area (Å²) >= 11 is 0. The fourth-order valence-electron chi connectivity index (χ4n) is 1.53. The van der Waals surface area contributed by atoms with E-state index < -0.39 is 11.8 Å². The lowest BCUT2D eigenvalue weighted by Crippen LogP contribution is -2.40. The second kappa shape index (κ2) is 5.62. The summed E-state index contributed by atoms with van der Waals surface area (Å²) in [6, 6.07) is 0. The van der Waals surface area contributed by atoms with Gasteiger partial charge < -0.3 is 9.84 Å². The van der Waals surface area contributed by atoms with Crippen LogP contribution in [0.5, 0.6) is 0 Å². The van der Waals surface area contributed by atoms with E-state index in [2.05, 4.69) is 4.99 Å². The first-order valence-corrected chi connectivity index (χ1v) is 4.95. The van der Waals surface area contributed by atoms with E-state index in [0.29, 0.717) is 19.4 Å². The molecule has 0 saturated carbocycles. The molecule has 0 aromatic carbocycles. The quantitative estimate of drug-likeness (QED) is 0.549. The van der Waals surface area contributed by atoms with Crippen LogP contribution in [0.2, 0.25) is 0 Å². The second-order valence-electron chi connectivity index (χ2n) is 3.13. The molecule has 82 valence electrons. The molecule has 0 spiro atoms. The molecule has 0 saturated heterocycles. The van der Waals surface area contributed by atoms with Gasteiger partial charge in [-0.05, 0) is 26.7 Å². The first-order valence-electron chi connectivity index (χ1n) is 4.95. The molecule has 0 amide bonds. The fourth-order valence-corrected chi connectivity index (χ4v) is 1.53. The van der Waals surface area contributed by atoms with Gasteiger partial charge in [0.25, 0.3) is 0 Å². The number of aliphatic imine (C=N–C) groups is 1. The molecule has 0 radical (unpaired) electrons. The Balaban J connectivity index is 4.86. The molecule has 0 rings (SSSR count). The normalized spacial score (nSPS) is 12.7. The molecular formula is C10H19NO3. The molecule has 0 aliphatic carbocycles. The Labute approximate surface area is 85.0 Å². The van der Waals surface area contributed by atoms with Crippen LogP contribution in [0.1, 0.15) is 40.5 Å². The van der Waals surface area contributed by atoms with Crippen molar-refractivity contribution in [3.8, 4) is 0 Å². The average Bonchev–Trinajstić information content (AvgIpc) is 2.14. The second-order valence-corrected chi connectivity index (χ2v) is 3.13. The van der Waals surface area contributed by atoms with Crippen molar-refractivity contribution >= 4 is 11.9 Å². The third kappa shape index (κ3) is 3.01. The highest BCUT2D eigenvalue weighted by atomic mass is 16.7. The number of ether oxygens (including phenoxy) is 1. The van der Waals surface area contributed by atoms with Gasteiger partial charge in [-0.1, -0.05) is 13.8 Å². The summed E-state index contributed by atoms with van der Waals surface area (Å²) in [5, 5.41) is 8.65. The maximum Gasteiger partial charge on any atom is 0.506 e. The van der Waals surface area contributed by atoms with Gasteiger partial charge in [0.05, 0.1) is 5.71 Å². The highest BCUT2D eigenvalue weighted by molar-refractivity contribution is 5.91. The lowest BCUT2D eigenvalue weighted by atomic mass is 9.92. The summed E-state index contributed by atoms with van der Waals surface area (Å²) in [7, 11) is 0. The average molecular weight is 201 g/mol. The molecule has 4 nitrogen and oxygen atoms in total. The molecule has 0 unspecified atom stereocenters. The van der Waals surface area contributed by atoms with Crippen LogP contribution in [-0.4, -0.2) is 29.1 Å². The van der Waals surface area contributed by atoms with Gasteiger partial charge in [-0.2, -0.15) is 0 Å². The van der Waals surface area contributed by atoms with Gasteiger partial charge >= 0.3 is 6.16 Å². The SMILES string of the molecule is CCN=C(C)C(CC)(CC)OC(=O)O. The van der Waals surface area contributed by atoms with Crippen molar-refractivity contribution in [2.75, 3.05) is 6.54 Å². The zero-order valence-electron chi connectivity index (χ0n) is 9.33. The first-order chi connectivity index (χ1) is 6.52. The van der Waals surface area contributed by atoms with Gasteiger partial charge in [-0.15, -0.1) is 0 Å². The molecule has 0 aromatic rings. The van der Waals surface area contributed by atoms with Crippen LogP contribution < -0.4 is 0 Å². The Morgan fingerprint density at radius 2 is 1.86 bits per heavy atom. The summed E-state index contributed by atoms with van der Waals surface area (Å²) < 4.78 is 4.94. The molecule has 0 fully saturated rings. The number of carbonyl (C=O) groups is 1. The van der Waals surface area contributed by atoms with E-state index in [1.54, 1.807) is 0 Å². The molecule has 0 aromatic heterocycles. The fraction of sp³-hybridized carbons (Fsp3) is 0.800. The van der Waals surface area contributed by atoms with Crippen LogP contribution in [0.25, 0.3) is 0 Å². The third-order valence-corrected chi connectivity index (χ3v) is 2.48. The highest BCUT2D eigenvalue weighted by Gasteiger charge is 2.33. The van der Waals surface area contributed by atoms with Crippen molar-refractivity contribution in [2.45, 2.75) is 46.1 Å². The topological polar surface area (TPSA) is 58.9 Å². The van der Waals surface area contributed by atoms with E-state index in [1.807, 2.05) is 27.7 Å². The number of hydrogen-bond acceptors (Lipinski definition) is 3. The highest BCUT2D eigenvalue weighted by Crippen LogP contribution is 2.23. The zero-order chi connectivity index (χ0) is 11.2. The first kappa shape index (κ1) is 12.9. The molecule has 0 atom stereocenters. The van der Waals surface area contributed by atoms with Crippen molar-refractivity contribution in [3.05, 3.63) is 0 Å². The Morgan fingerprint density at radius 3 is 2.14 bits per heavy atom. The largest absolute Gasteiger partial charge is 0.506 e. The molecule has 1 N–H and O–H groups in total. The van der Waals surface area contributed by atoms with Crippen LogP contribution in [-0.2, 0) is 4.74 Å².